The van der Waals surface area contributed by atoms with E-state index in [2.05, 4.69) is 16.7 Å². The lowest BCUT2D eigenvalue weighted by Gasteiger charge is -2.31. The summed E-state index contributed by atoms with van der Waals surface area (Å²) in [5.74, 6) is 0.814. The zero-order chi connectivity index (χ0) is 20.6. The van der Waals surface area contributed by atoms with Crippen LogP contribution in [0.1, 0.15) is 24.0 Å². The maximum absolute atomic E-state index is 12.5. The Labute approximate surface area is 172 Å². The molecular weight excluding hydrogens is 366 g/mol. The lowest BCUT2D eigenvalue weighted by molar-refractivity contribution is -0.121. The third-order valence-electron chi connectivity index (χ3n) is 5.30. The van der Waals surface area contributed by atoms with Crippen molar-refractivity contribution < 1.29 is 14.3 Å². The number of urea groups is 1. The number of carbonyl (C=O) groups excluding carboxylic acids is 2. The van der Waals surface area contributed by atoms with Crippen molar-refractivity contribution in [3.8, 4) is 5.75 Å². The van der Waals surface area contributed by atoms with Gasteiger partial charge in [-0.3, -0.25) is 4.79 Å². The van der Waals surface area contributed by atoms with Gasteiger partial charge in [0.15, 0.2) is 0 Å². The molecule has 0 atom stereocenters. The Balaban J connectivity index is 1.42. The first-order valence-electron chi connectivity index (χ1n) is 10.1. The molecule has 0 saturated carbocycles. The summed E-state index contributed by atoms with van der Waals surface area (Å²) in [6.45, 7) is 3.77. The number of piperidine rings is 1. The van der Waals surface area contributed by atoms with Gasteiger partial charge >= 0.3 is 6.03 Å². The van der Waals surface area contributed by atoms with Gasteiger partial charge in [-0.2, -0.15) is 0 Å². The van der Waals surface area contributed by atoms with Crippen LogP contribution in [-0.4, -0.2) is 43.6 Å². The predicted octanol–water partition coefficient (Wildman–Crippen LogP) is 3.61. The molecule has 0 bridgehead atoms. The van der Waals surface area contributed by atoms with E-state index in [-0.39, 0.29) is 17.9 Å². The normalized spacial score (nSPS) is 14.3. The average molecular weight is 396 g/mol. The second-order valence-corrected chi connectivity index (χ2v) is 7.41. The molecule has 1 saturated heterocycles. The van der Waals surface area contributed by atoms with Crippen molar-refractivity contribution in [2.45, 2.75) is 26.2 Å². The van der Waals surface area contributed by atoms with E-state index in [0.717, 1.165) is 17.0 Å². The summed E-state index contributed by atoms with van der Waals surface area (Å²) < 4.78 is 5.39. The van der Waals surface area contributed by atoms with E-state index >= 15 is 0 Å². The minimum absolute atomic E-state index is 0.0304. The number of ether oxygens (including phenoxy) is 1. The molecule has 3 rings (SSSR count). The first-order chi connectivity index (χ1) is 14.1. The van der Waals surface area contributed by atoms with E-state index < -0.39 is 0 Å². The maximum Gasteiger partial charge on any atom is 0.317 e. The molecule has 2 aromatic rings. The highest BCUT2D eigenvalue weighted by Crippen LogP contribution is 2.21. The predicted molar refractivity (Wildman–Crippen MR) is 114 cm³/mol. The number of nitrogens with one attached hydrogen (secondary N) is 2. The molecule has 6 nitrogen and oxygen atoms in total. The Bertz CT molecular complexity index is 831. The fraction of sp³-hybridized carbons (Fsp3) is 0.391. The van der Waals surface area contributed by atoms with Gasteiger partial charge in [0.05, 0.1) is 7.11 Å². The molecule has 0 spiro atoms. The number of likely N-dealkylation sites (tertiary alicyclic amines) is 1. The summed E-state index contributed by atoms with van der Waals surface area (Å²) in [7, 11) is 1.66. The average Bonchev–Trinajstić information content (AvgIpc) is 2.74. The second kappa shape index (κ2) is 9.96. The number of hydrogen-bond acceptors (Lipinski definition) is 3. The van der Waals surface area contributed by atoms with Crippen LogP contribution in [0.2, 0.25) is 0 Å². The molecule has 1 heterocycles. The highest BCUT2D eigenvalue weighted by molar-refractivity contribution is 5.92. The van der Waals surface area contributed by atoms with Gasteiger partial charge in [0.2, 0.25) is 5.91 Å². The van der Waals surface area contributed by atoms with Crippen LogP contribution in [0.4, 0.5) is 10.5 Å². The van der Waals surface area contributed by atoms with E-state index in [4.69, 9.17) is 4.74 Å². The molecule has 0 unspecified atom stereocenters. The highest BCUT2D eigenvalue weighted by Gasteiger charge is 2.27. The standard InChI is InChI=1S/C23H29N3O3/c1-17-8-9-21(29-2)19(16-17)10-13-24-23(28)26-14-11-18(12-15-26)22(27)25-20-6-4-3-5-7-20/h3-9,16,18H,10-15H2,1-2H3,(H,24,28)(H,25,27). The Kier molecular flexibility index (Phi) is 7.11. The number of rotatable bonds is 6. The summed E-state index contributed by atoms with van der Waals surface area (Å²) in [4.78, 5) is 26.7. The van der Waals surface area contributed by atoms with E-state index in [9.17, 15) is 9.59 Å². The van der Waals surface area contributed by atoms with Crippen LogP contribution < -0.4 is 15.4 Å². The molecule has 1 fully saturated rings. The van der Waals surface area contributed by atoms with Crippen molar-refractivity contribution in [1.29, 1.82) is 0 Å². The van der Waals surface area contributed by atoms with E-state index in [1.54, 1.807) is 12.0 Å². The Morgan fingerprint density at radius 1 is 1.10 bits per heavy atom. The van der Waals surface area contributed by atoms with E-state index in [0.29, 0.717) is 38.9 Å². The van der Waals surface area contributed by atoms with Gasteiger partial charge in [-0.05, 0) is 49.9 Å². The molecule has 3 amide bonds. The molecule has 0 aliphatic carbocycles. The Morgan fingerprint density at radius 2 is 1.83 bits per heavy atom. The zero-order valence-corrected chi connectivity index (χ0v) is 17.1. The van der Waals surface area contributed by atoms with Crippen molar-refractivity contribution in [3.05, 3.63) is 59.7 Å². The zero-order valence-electron chi connectivity index (χ0n) is 17.1. The first kappa shape index (κ1) is 20.7. The number of methoxy groups -OCH3 is 1. The van der Waals surface area contributed by atoms with Crippen LogP contribution in [0.25, 0.3) is 0 Å². The molecule has 1 aliphatic rings. The number of anilines is 1. The fourth-order valence-corrected chi connectivity index (χ4v) is 3.63. The molecule has 154 valence electrons. The third kappa shape index (κ3) is 5.73. The summed E-state index contributed by atoms with van der Waals surface area (Å²) in [5, 5.41) is 5.94. The minimum Gasteiger partial charge on any atom is -0.496 e. The molecular formula is C23H29N3O3. The molecule has 6 heteroatoms. The van der Waals surface area contributed by atoms with Crippen LogP contribution in [0.3, 0.4) is 0 Å². The van der Waals surface area contributed by atoms with Gasteiger partial charge in [-0.1, -0.05) is 35.9 Å². The van der Waals surface area contributed by atoms with Crippen LogP contribution in [0.15, 0.2) is 48.5 Å². The first-order valence-corrected chi connectivity index (χ1v) is 10.1. The number of nitrogens with zero attached hydrogens (tertiary/aromatic N) is 1. The molecule has 0 radical (unpaired) electrons. The maximum atomic E-state index is 12.5. The quantitative estimate of drug-likeness (QED) is 0.785. The SMILES string of the molecule is COc1ccc(C)cc1CCNC(=O)N1CCC(C(=O)Nc2ccccc2)CC1. The van der Waals surface area contributed by atoms with E-state index in [1.165, 1.54) is 5.56 Å². The monoisotopic (exact) mass is 395 g/mol. The topological polar surface area (TPSA) is 70.7 Å². The van der Waals surface area contributed by atoms with Crippen LogP contribution >= 0.6 is 0 Å². The van der Waals surface area contributed by atoms with Crippen molar-refractivity contribution in [2.75, 3.05) is 32.1 Å². The van der Waals surface area contributed by atoms with Crippen molar-refractivity contribution in [3.63, 3.8) is 0 Å². The highest BCUT2D eigenvalue weighted by atomic mass is 16.5. The Hall–Kier alpha value is -3.02. The molecule has 29 heavy (non-hydrogen) atoms. The summed E-state index contributed by atoms with van der Waals surface area (Å²) >= 11 is 0. The molecule has 2 aromatic carbocycles. The largest absolute Gasteiger partial charge is 0.496 e. The fourth-order valence-electron chi connectivity index (χ4n) is 3.63. The van der Waals surface area contributed by atoms with Gasteiger partial charge < -0.3 is 20.3 Å². The van der Waals surface area contributed by atoms with Crippen LogP contribution in [0.5, 0.6) is 5.75 Å². The molecule has 1 aliphatic heterocycles. The van der Waals surface area contributed by atoms with Crippen LogP contribution in [0, 0.1) is 12.8 Å². The number of amides is 3. The lowest BCUT2D eigenvalue weighted by atomic mass is 9.96. The van der Waals surface area contributed by atoms with Gasteiger partial charge in [0, 0.05) is 31.2 Å². The van der Waals surface area contributed by atoms with Gasteiger partial charge in [0.1, 0.15) is 5.75 Å². The third-order valence-corrected chi connectivity index (χ3v) is 5.30. The number of benzene rings is 2. The number of hydrogen-bond donors (Lipinski definition) is 2. The minimum atomic E-state index is -0.0708. The smallest absolute Gasteiger partial charge is 0.317 e. The van der Waals surface area contributed by atoms with Crippen molar-refractivity contribution >= 4 is 17.6 Å². The van der Waals surface area contributed by atoms with Crippen LogP contribution in [-0.2, 0) is 11.2 Å². The van der Waals surface area contributed by atoms with Crippen molar-refractivity contribution in [1.82, 2.24) is 10.2 Å². The summed E-state index contributed by atoms with van der Waals surface area (Å²) in [6, 6.07) is 15.5. The summed E-state index contributed by atoms with van der Waals surface area (Å²) in [6.07, 6.45) is 2.07. The van der Waals surface area contributed by atoms with Gasteiger partial charge in [-0.25, -0.2) is 4.79 Å². The molecule has 2 N–H and O–H groups in total. The number of carbonyl (C=O) groups is 2. The number of aryl methyl sites for hydroxylation is 1. The number of para-hydroxylation sites is 1. The lowest BCUT2D eigenvalue weighted by Crippen LogP contribution is -2.46. The Morgan fingerprint density at radius 3 is 2.52 bits per heavy atom. The van der Waals surface area contributed by atoms with E-state index in [1.807, 2.05) is 49.4 Å². The summed E-state index contributed by atoms with van der Waals surface area (Å²) in [5.41, 5.74) is 3.07. The van der Waals surface area contributed by atoms with Gasteiger partial charge in [-0.15, -0.1) is 0 Å². The van der Waals surface area contributed by atoms with Crippen molar-refractivity contribution in [2.24, 2.45) is 5.92 Å². The van der Waals surface area contributed by atoms with Gasteiger partial charge in [0.25, 0.3) is 0 Å². The second-order valence-electron chi connectivity index (χ2n) is 7.41. The molecule has 0 aromatic heterocycles.